The Bertz CT molecular complexity index is 2530. The van der Waals surface area contributed by atoms with E-state index in [9.17, 15) is 0 Å². The van der Waals surface area contributed by atoms with E-state index < -0.39 is 0 Å². The molecule has 0 bridgehead atoms. The summed E-state index contributed by atoms with van der Waals surface area (Å²) in [5, 5.41) is 2.45. The molecular formula is C48H43N3. The van der Waals surface area contributed by atoms with Gasteiger partial charge in [0.1, 0.15) is 0 Å². The first-order valence-electron chi connectivity index (χ1n) is 17.8. The van der Waals surface area contributed by atoms with Crippen LogP contribution in [0.5, 0.6) is 0 Å². The van der Waals surface area contributed by atoms with Crippen molar-refractivity contribution in [2.24, 2.45) is 0 Å². The summed E-state index contributed by atoms with van der Waals surface area (Å²) in [7, 11) is 0. The summed E-state index contributed by atoms with van der Waals surface area (Å²) in [5.74, 6) is 0. The first-order valence-corrected chi connectivity index (χ1v) is 17.8. The molecule has 8 aromatic rings. The van der Waals surface area contributed by atoms with Crippen molar-refractivity contribution in [3.8, 4) is 55.9 Å². The van der Waals surface area contributed by atoms with Gasteiger partial charge in [0, 0.05) is 39.9 Å². The lowest BCUT2D eigenvalue weighted by molar-refractivity contribution is 0.590. The number of aromatic nitrogens is 3. The molecule has 0 unspecified atom stereocenters. The molecular weight excluding hydrogens is 619 g/mol. The second-order valence-corrected chi connectivity index (χ2v) is 15.7. The predicted octanol–water partition coefficient (Wildman–Crippen LogP) is 13.0. The average molecular weight is 662 g/mol. The molecule has 5 aromatic carbocycles. The lowest BCUT2D eigenvalue weighted by atomic mass is 9.82. The molecule has 0 saturated carbocycles. The molecule has 0 aliphatic heterocycles. The fourth-order valence-corrected chi connectivity index (χ4v) is 7.03. The maximum absolute atomic E-state index is 4.96. The van der Waals surface area contributed by atoms with Crippen LogP contribution in [0.1, 0.15) is 52.7 Å². The van der Waals surface area contributed by atoms with Gasteiger partial charge in [0.15, 0.2) is 0 Å². The van der Waals surface area contributed by atoms with Crippen molar-refractivity contribution < 1.29 is 0 Å². The van der Waals surface area contributed by atoms with Crippen LogP contribution in [-0.4, -0.2) is 15.0 Å². The predicted molar refractivity (Wildman–Crippen MR) is 216 cm³/mol. The maximum atomic E-state index is 4.96. The van der Waals surface area contributed by atoms with Crippen LogP contribution in [-0.2, 0) is 10.8 Å². The molecule has 8 rings (SSSR count). The van der Waals surface area contributed by atoms with Gasteiger partial charge >= 0.3 is 0 Å². The van der Waals surface area contributed by atoms with E-state index in [4.69, 9.17) is 9.97 Å². The second-order valence-electron chi connectivity index (χ2n) is 15.7. The number of benzene rings is 5. The fourth-order valence-electron chi connectivity index (χ4n) is 7.03. The van der Waals surface area contributed by atoms with Crippen LogP contribution in [0.2, 0.25) is 0 Å². The molecule has 3 aromatic heterocycles. The van der Waals surface area contributed by atoms with Gasteiger partial charge in [-0.15, -0.1) is 0 Å². The van der Waals surface area contributed by atoms with Gasteiger partial charge in [0.05, 0.1) is 22.4 Å². The number of H-pyrrole nitrogens is 1. The van der Waals surface area contributed by atoms with Crippen molar-refractivity contribution in [3.05, 3.63) is 157 Å². The lowest BCUT2D eigenvalue weighted by Crippen LogP contribution is -2.11. The van der Waals surface area contributed by atoms with Crippen molar-refractivity contribution >= 4 is 21.8 Å². The highest BCUT2D eigenvalue weighted by molar-refractivity contribution is 6.16. The molecule has 0 radical (unpaired) electrons. The fraction of sp³-hybridized carbons (Fsp3) is 0.167. The summed E-state index contributed by atoms with van der Waals surface area (Å²) < 4.78 is 0. The van der Waals surface area contributed by atoms with E-state index in [0.29, 0.717) is 0 Å². The van der Waals surface area contributed by atoms with Crippen molar-refractivity contribution in [2.75, 3.05) is 0 Å². The van der Waals surface area contributed by atoms with E-state index in [2.05, 4.69) is 180 Å². The Hall–Kier alpha value is -5.80. The Kier molecular flexibility index (Phi) is 7.95. The number of aromatic amines is 1. The van der Waals surface area contributed by atoms with Crippen molar-refractivity contribution in [1.82, 2.24) is 15.0 Å². The summed E-state index contributed by atoms with van der Waals surface area (Å²) in [5.41, 5.74) is 15.9. The first-order chi connectivity index (χ1) is 24.5. The number of nitrogens with zero attached hydrogens (tertiary/aromatic N) is 2. The zero-order valence-electron chi connectivity index (χ0n) is 30.3. The highest BCUT2D eigenvalue weighted by Gasteiger charge is 2.24. The third-order valence-electron chi connectivity index (χ3n) is 10.0. The van der Waals surface area contributed by atoms with Crippen LogP contribution in [0.4, 0.5) is 0 Å². The topological polar surface area (TPSA) is 41.6 Å². The second kappa shape index (κ2) is 12.5. The van der Waals surface area contributed by atoms with Gasteiger partial charge in [-0.05, 0) is 104 Å². The molecule has 0 fully saturated rings. The Balaban J connectivity index is 1.36. The van der Waals surface area contributed by atoms with E-state index in [0.717, 1.165) is 50.2 Å². The third-order valence-corrected chi connectivity index (χ3v) is 10.0. The van der Waals surface area contributed by atoms with Crippen LogP contribution in [0.15, 0.2) is 146 Å². The summed E-state index contributed by atoms with van der Waals surface area (Å²) >= 11 is 0. The molecule has 0 saturated heterocycles. The smallest absolute Gasteiger partial charge is 0.0729 e. The summed E-state index contributed by atoms with van der Waals surface area (Å²) in [6.45, 7) is 13.8. The molecule has 0 spiro atoms. The number of rotatable bonds is 5. The van der Waals surface area contributed by atoms with Crippen LogP contribution >= 0.6 is 0 Å². The molecule has 250 valence electrons. The van der Waals surface area contributed by atoms with Crippen molar-refractivity contribution in [2.45, 2.75) is 52.4 Å². The Labute approximate surface area is 301 Å². The van der Waals surface area contributed by atoms with Gasteiger partial charge < -0.3 is 4.98 Å². The molecule has 3 heteroatoms. The van der Waals surface area contributed by atoms with E-state index in [1.165, 1.54) is 38.6 Å². The molecule has 0 aliphatic carbocycles. The first kappa shape index (κ1) is 32.4. The van der Waals surface area contributed by atoms with Gasteiger partial charge in [0.2, 0.25) is 0 Å². The lowest BCUT2D eigenvalue weighted by Gasteiger charge is -2.22. The summed E-state index contributed by atoms with van der Waals surface area (Å²) in [6, 6.07) is 48.0. The normalized spacial score (nSPS) is 12.1. The maximum Gasteiger partial charge on any atom is 0.0729 e. The standard InChI is InChI=1S/C48H43N3/c1-47(2,3)37-27-39(35-18-13-19-36(24-35)43-25-33(20-22-49-43)31-14-9-7-10-15-31)45-40(28-37)41-29-38(48(4,5)6)30-42(46(41)51-45)44-26-34(21-23-50-44)32-16-11-8-12-17-32/h7-30,51H,1-6H3. The molecule has 0 aliphatic rings. The minimum Gasteiger partial charge on any atom is -0.353 e. The SMILES string of the molecule is CC(C)(C)c1cc(-c2cccc(-c3cc(-c4ccccc4)ccn3)c2)c2[nH]c3c(-c4cc(-c5ccccc5)ccn4)cc(C(C)(C)C)cc3c2c1. The van der Waals surface area contributed by atoms with Crippen LogP contribution in [0.25, 0.3) is 77.7 Å². The zero-order chi connectivity index (χ0) is 35.3. The summed E-state index contributed by atoms with van der Waals surface area (Å²) in [4.78, 5) is 13.7. The number of fused-ring (bicyclic) bond motifs is 3. The van der Waals surface area contributed by atoms with E-state index in [1.54, 1.807) is 0 Å². The molecule has 3 nitrogen and oxygen atoms in total. The largest absolute Gasteiger partial charge is 0.353 e. The number of pyridine rings is 2. The highest BCUT2D eigenvalue weighted by atomic mass is 14.7. The van der Waals surface area contributed by atoms with Gasteiger partial charge in [-0.2, -0.15) is 0 Å². The van der Waals surface area contributed by atoms with Crippen LogP contribution in [0.3, 0.4) is 0 Å². The van der Waals surface area contributed by atoms with E-state index in [-0.39, 0.29) is 10.8 Å². The van der Waals surface area contributed by atoms with Gasteiger partial charge in [0.25, 0.3) is 0 Å². The van der Waals surface area contributed by atoms with Crippen molar-refractivity contribution in [1.29, 1.82) is 0 Å². The quantitative estimate of drug-likeness (QED) is 0.199. The van der Waals surface area contributed by atoms with Crippen LogP contribution in [0, 0.1) is 0 Å². The van der Waals surface area contributed by atoms with Gasteiger partial charge in [-0.1, -0.05) is 120 Å². The number of hydrogen-bond acceptors (Lipinski definition) is 2. The van der Waals surface area contributed by atoms with E-state index >= 15 is 0 Å². The Morgan fingerprint density at radius 3 is 1.43 bits per heavy atom. The average Bonchev–Trinajstić information content (AvgIpc) is 3.53. The number of hydrogen-bond donors (Lipinski definition) is 1. The van der Waals surface area contributed by atoms with Crippen LogP contribution < -0.4 is 0 Å². The minimum atomic E-state index is -0.0519. The molecule has 3 heterocycles. The molecule has 51 heavy (non-hydrogen) atoms. The third kappa shape index (κ3) is 6.25. The highest BCUT2D eigenvalue weighted by Crippen LogP contribution is 2.43. The Morgan fingerprint density at radius 2 is 0.863 bits per heavy atom. The monoisotopic (exact) mass is 661 g/mol. The van der Waals surface area contributed by atoms with Crippen molar-refractivity contribution in [3.63, 3.8) is 0 Å². The summed E-state index contributed by atoms with van der Waals surface area (Å²) in [6.07, 6.45) is 3.85. The zero-order valence-corrected chi connectivity index (χ0v) is 30.3. The van der Waals surface area contributed by atoms with E-state index in [1.807, 2.05) is 12.4 Å². The minimum absolute atomic E-state index is 0.0498. The Morgan fingerprint density at radius 1 is 0.392 bits per heavy atom. The number of nitrogens with one attached hydrogen (secondary N) is 1. The molecule has 0 amide bonds. The molecule has 1 N–H and O–H groups in total. The molecule has 0 atom stereocenters. The van der Waals surface area contributed by atoms with Gasteiger partial charge in [-0.25, -0.2) is 0 Å². The van der Waals surface area contributed by atoms with Gasteiger partial charge in [-0.3, -0.25) is 9.97 Å².